The number of aliphatic hydroxyl groups is 1. The number of hydrogen-bond donors (Lipinski definition) is 2. The molecule has 35 heavy (non-hydrogen) atoms. The van der Waals surface area contributed by atoms with Gasteiger partial charge in [-0.05, 0) is 41.3 Å². The van der Waals surface area contributed by atoms with Crippen LogP contribution in [0.5, 0.6) is 0 Å². The number of carbonyl (C=O) groups is 2. The van der Waals surface area contributed by atoms with E-state index < -0.39 is 17.6 Å². The number of amides is 2. The Labute approximate surface area is 204 Å². The molecule has 7 nitrogen and oxygen atoms in total. The molecule has 1 unspecified atom stereocenters. The van der Waals surface area contributed by atoms with E-state index in [1.165, 1.54) is 12.0 Å². The monoisotopic (exact) mass is 471 g/mol. The lowest BCUT2D eigenvalue weighted by Crippen LogP contribution is -2.56. The number of primary amides is 1. The summed E-state index contributed by atoms with van der Waals surface area (Å²) in [5, 5.41) is 15.0. The third-order valence-corrected chi connectivity index (χ3v) is 6.58. The Morgan fingerprint density at radius 1 is 1.06 bits per heavy atom. The molecule has 0 aliphatic carbocycles. The number of likely N-dealkylation sites (tertiary alicyclic amines) is 1. The molecule has 7 heteroatoms. The topological polar surface area (TPSA) is 105 Å². The second-order valence-corrected chi connectivity index (χ2v) is 8.83. The van der Waals surface area contributed by atoms with Gasteiger partial charge in [0.25, 0.3) is 5.91 Å². The van der Waals surface area contributed by atoms with E-state index in [9.17, 15) is 14.7 Å². The van der Waals surface area contributed by atoms with Crippen molar-refractivity contribution in [2.45, 2.75) is 31.4 Å². The first-order valence-corrected chi connectivity index (χ1v) is 11.5. The molecule has 0 aromatic heterocycles. The van der Waals surface area contributed by atoms with Crippen molar-refractivity contribution in [1.82, 2.24) is 4.90 Å². The van der Waals surface area contributed by atoms with Crippen LogP contribution in [-0.4, -0.2) is 46.7 Å². The van der Waals surface area contributed by atoms with E-state index in [1.807, 2.05) is 49.4 Å². The van der Waals surface area contributed by atoms with Gasteiger partial charge in [-0.15, -0.1) is 0 Å². The molecule has 0 bridgehead atoms. The van der Waals surface area contributed by atoms with E-state index in [4.69, 9.17) is 10.6 Å². The lowest BCUT2D eigenvalue weighted by atomic mass is 9.85. The molecule has 0 radical (unpaired) electrons. The number of oxime groups is 1. The van der Waals surface area contributed by atoms with Crippen LogP contribution in [0.1, 0.15) is 40.4 Å². The normalized spacial score (nSPS) is 19.5. The maximum absolute atomic E-state index is 13.7. The van der Waals surface area contributed by atoms with Crippen molar-refractivity contribution in [3.63, 3.8) is 0 Å². The molecule has 4 rings (SSSR count). The summed E-state index contributed by atoms with van der Waals surface area (Å²) in [7, 11) is 1.41. The van der Waals surface area contributed by atoms with Crippen LogP contribution in [0.25, 0.3) is 11.1 Å². The van der Waals surface area contributed by atoms with Gasteiger partial charge in [-0.25, -0.2) is 0 Å². The molecule has 2 amide bonds. The predicted molar refractivity (Wildman–Crippen MR) is 135 cm³/mol. The zero-order chi connectivity index (χ0) is 25.0. The van der Waals surface area contributed by atoms with Gasteiger partial charge in [0.15, 0.2) is 0 Å². The van der Waals surface area contributed by atoms with Gasteiger partial charge < -0.3 is 20.6 Å². The van der Waals surface area contributed by atoms with Crippen molar-refractivity contribution >= 4 is 17.5 Å². The predicted octanol–water partition coefficient (Wildman–Crippen LogP) is 3.86. The largest absolute Gasteiger partial charge is 0.399 e. The van der Waals surface area contributed by atoms with Crippen molar-refractivity contribution in [2.24, 2.45) is 10.9 Å². The van der Waals surface area contributed by atoms with Crippen molar-refractivity contribution < 1.29 is 19.5 Å². The summed E-state index contributed by atoms with van der Waals surface area (Å²) in [6.45, 7) is 2.12. The van der Waals surface area contributed by atoms with E-state index in [0.29, 0.717) is 16.8 Å². The Morgan fingerprint density at radius 3 is 2.34 bits per heavy atom. The van der Waals surface area contributed by atoms with Crippen LogP contribution in [0.15, 0.2) is 84.0 Å². The first kappa shape index (κ1) is 24.2. The molecule has 3 aromatic rings. The van der Waals surface area contributed by atoms with Crippen molar-refractivity contribution in [1.29, 1.82) is 0 Å². The number of hydrogen-bond acceptors (Lipinski definition) is 5. The summed E-state index contributed by atoms with van der Waals surface area (Å²) in [6.07, 6.45) is -0.959. The standard InChI is InChI=1S/C28H29N3O4/c1-19-8-6-7-11-24(19)20-12-14-22(15-13-20)26(33)31-18-23(30-35-2)16-28(31,27(29)34)17-25(32)21-9-4-3-5-10-21/h3-15,25,32H,16-18H2,1-2H3,(H2,29,34)/t25-,28?/m0/s1. The Morgan fingerprint density at radius 2 is 1.71 bits per heavy atom. The van der Waals surface area contributed by atoms with Crippen LogP contribution >= 0.6 is 0 Å². The first-order valence-electron chi connectivity index (χ1n) is 11.5. The number of rotatable bonds is 7. The van der Waals surface area contributed by atoms with Gasteiger partial charge in [-0.2, -0.15) is 0 Å². The van der Waals surface area contributed by atoms with Gasteiger partial charge >= 0.3 is 0 Å². The zero-order valence-electron chi connectivity index (χ0n) is 19.8. The van der Waals surface area contributed by atoms with Gasteiger partial charge in [-0.1, -0.05) is 71.9 Å². The van der Waals surface area contributed by atoms with Crippen LogP contribution in [0, 0.1) is 6.92 Å². The van der Waals surface area contributed by atoms with E-state index in [-0.39, 0.29) is 25.3 Å². The molecule has 0 spiro atoms. The van der Waals surface area contributed by atoms with Crippen molar-refractivity contribution in [2.75, 3.05) is 13.7 Å². The van der Waals surface area contributed by atoms with E-state index in [1.54, 1.807) is 36.4 Å². The Balaban J connectivity index is 1.68. The van der Waals surface area contributed by atoms with Crippen molar-refractivity contribution in [3.8, 4) is 11.1 Å². The SMILES string of the molecule is CON=C1CN(C(=O)c2ccc(-c3ccccc3C)cc2)C(C[C@H](O)c2ccccc2)(C(N)=O)C1. The Hall–Kier alpha value is -3.97. The van der Waals surface area contributed by atoms with Gasteiger partial charge in [0.2, 0.25) is 5.91 Å². The quantitative estimate of drug-likeness (QED) is 0.511. The smallest absolute Gasteiger partial charge is 0.255 e. The van der Waals surface area contributed by atoms with Gasteiger partial charge in [0.05, 0.1) is 18.4 Å². The summed E-state index contributed by atoms with van der Waals surface area (Å²) in [4.78, 5) is 32.9. The molecule has 1 aliphatic rings. The minimum Gasteiger partial charge on any atom is -0.399 e. The highest BCUT2D eigenvalue weighted by Gasteiger charge is 2.52. The van der Waals surface area contributed by atoms with Crippen LogP contribution in [0.4, 0.5) is 0 Å². The number of carbonyl (C=O) groups excluding carboxylic acids is 2. The van der Waals surface area contributed by atoms with Crippen LogP contribution in [0.2, 0.25) is 0 Å². The molecular weight excluding hydrogens is 442 g/mol. The molecule has 1 aliphatic heterocycles. The molecule has 0 saturated carbocycles. The fourth-order valence-electron chi connectivity index (χ4n) is 4.74. The highest BCUT2D eigenvalue weighted by molar-refractivity contribution is 6.07. The molecule has 2 atom stereocenters. The molecule has 1 heterocycles. The zero-order valence-corrected chi connectivity index (χ0v) is 19.8. The van der Waals surface area contributed by atoms with Gasteiger partial charge in [-0.3, -0.25) is 9.59 Å². The molecule has 1 saturated heterocycles. The third kappa shape index (κ3) is 4.81. The van der Waals surface area contributed by atoms with Crippen molar-refractivity contribution in [3.05, 3.63) is 95.6 Å². The summed E-state index contributed by atoms with van der Waals surface area (Å²) in [5.74, 6) is -1.06. The van der Waals surface area contributed by atoms with Crippen LogP contribution in [0.3, 0.4) is 0 Å². The summed E-state index contributed by atoms with van der Waals surface area (Å²) < 4.78 is 0. The highest BCUT2D eigenvalue weighted by Crippen LogP contribution is 2.37. The lowest BCUT2D eigenvalue weighted by molar-refractivity contribution is -0.129. The molecule has 180 valence electrons. The van der Waals surface area contributed by atoms with Crippen LogP contribution < -0.4 is 5.73 Å². The summed E-state index contributed by atoms with van der Waals surface area (Å²) in [5.41, 5.74) is 9.23. The maximum atomic E-state index is 13.7. The minimum atomic E-state index is -1.45. The molecular formula is C28H29N3O4. The number of aliphatic hydroxyl groups excluding tert-OH is 1. The number of nitrogens with zero attached hydrogens (tertiary/aromatic N) is 2. The second kappa shape index (κ2) is 10.1. The molecule has 3 aromatic carbocycles. The average molecular weight is 472 g/mol. The third-order valence-electron chi connectivity index (χ3n) is 6.58. The Kier molecular flexibility index (Phi) is 6.98. The van der Waals surface area contributed by atoms with Crippen LogP contribution in [-0.2, 0) is 9.63 Å². The summed E-state index contributed by atoms with van der Waals surface area (Å²) >= 11 is 0. The van der Waals surface area contributed by atoms with Gasteiger partial charge in [0, 0.05) is 18.4 Å². The fourth-order valence-corrected chi connectivity index (χ4v) is 4.74. The van der Waals surface area contributed by atoms with E-state index in [2.05, 4.69) is 5.16 Å². The highest BCUT2D eigenvalue weighted by atomic mass is 16.6. The average Bonchev–Trinajstić information content (AvgIpc) is 3.24. The minimum absolute atomic E-state index is 0.0535. The second-order valence-electron chi connectivity index (χ2n) is 8.83. The molecule has 1 fully saturated rings. The Bertz CT molecular complexity index is 1240. The van der Waals surface area contributed by atoms with Gasteiger partial charge in [0.1, 0.15) is 12.6 Å². The van der Waals surface area contributed by atoms with E-state index >= 15 is 0 Å². The summed E-state index contributed by atoms with van der Waals surface area (Å²) in [6, 6.07) is 24.3. The number of benzene rings is 3. The molecule has 3 N–H and O–H groups in total. The van der Waals surface area contributed by atoms with E-state index in [0.717, 1.165) is 16.7 Å². The first-order chi connectivity index (χ1) is 16.9. The number of aryl methyl sites for hydroxylation is 1. The number of nitrogens with two attached hydrogens (primary N) is 1. The lowest BCUT2D eigenvalue weighted by Gasteiger charge is -2.36. The maximum Gasteiger partial charge on any atom is 0.255 e. The fraction of sp³-hybridized carbons (Fsp3) is 0.250.